The summed E-state index contributed by atoms with van der Waals surface area (Å²) in [6.07, 6.45) is 0. The van der Waals surface area contributed by atoms with Crippen molar-refractivity contribution in [1.82, 2.24) is 4.98 Å². The van der Waals surface area contributed by atoms with E-state index in [4.69, 9.17) is 17.3 Å². The van der Waals surface area contributed by atoms with Crippen LogP contribution in [0.5, 0.6) is 0 Å². The predicted molar refractivity (Wildman–Crippen MR) is 85.4 cm³/mol. The molecule has 21 heavy (non-hydrogen) atoms. The molecular formula is C17H13ClN2O. The van der Waals surface area contributed by atoms with Crippen LogP contribution in [0.25, 0.3) is 22.0 Å². The third kappa shape index (κ3) is 2.36. The van der Waals surface area contributed by atoms with Gasteiger partial charge in [0, 0.05) is 16.0 Å². The zero-order valence-corrected chi connectivity index (χ0v) is 12.2. The molecule has 0 aliphatic rings. The molecule has 0 unspecified atom stereocenters. The summed E-state index contributed by atoms with van der Waals surface area (Å²) >= 11 is 6.11. The molecule has 3 rings (SSSR count). The number of carbonyl (C=O) groups excluding carboxylic acids is 1. The highest BCUT2D eigenvalue weighted by Crippen LogP contribution is 2.34. The molecule has 0 atom stereocenters. The lowest BCUT2D eigenvalue weighted by atomic mass is 9.94. The smallest absolute Gasteiger partial charge is 0.251 e. The highest BCUT2D eigenvalue weighted by atomic mass is 35.5. The summed E-state index contributed by atoms with van der Waals surface area (Å²) in [5.41, 5.74) is 9.13. The van der Waals surface area contributed by atoms with Crippen LogP contribution in [-0.2, 0) is 0 Å². The molecule has 1 heterocycles. The Morgan fingerprint density at radius 2 is 1.86 bits per heavy atom. The van der Waals surface area contributed by atoms with Gasteiger partial charge in [0.15, 0.2) is 0 Å². The van der Waals surface area contributed by atoms with E-state index in [0.717, 1.165) is 22.0 Å². The maximum atomic E-state index is 11.9. The summed E-state index contributed by atoms with van der Waals surface area (Å²) in [4.78, 5) is 16.4. The van der Waals surface area contributed by atoms with Crippen molar-refractivity contribution in [3.63, 3.8) is 0 Å². The summed E-state index contributed by atoms with van der Waals surface area (Å²) in [7, 11) is 0. The zero-order valence-electron chi connectivity index (χ0n) is 11.4. The summed E-state index contributed by atoms with van der Waals surface area (Å²) < 4.78 is 0. The minimum Gasteiger partial charge on any atom is -0.366 e. The molecule has 0 aliphatic carbocycles. The van der Waals surface area contributed by atoms with Gasteiger partial charge in [-0.2, -0.15) is 0 Å². The Labute approximate surface area is 127 Å². The van der Waals surface area contributed by atoms with Crippen molar-refractivity contribution in [2.24, 2.45) is 5.73 Å². The number of benzene rings is 2. The fourth-order valence-electron chi connectivity index (χ4n) is 2.56. The van der Waals surface area contributed by atoms with Gasteiger partial charge in [0.1, 0.15) is 0 Å². The molecule has 2 N–H and O–H groups in total. The topological polar surface area (TPSA) is 56.0 Å². The van der Waals surface area contributed by atoms with Crippen molar-refractivity contribution >= 4 is 28.4 Å². The number of halogens is 1. The van der Waals surface area contributed by atoms with E-state index in [9.17, 15) is 4.79 Å². The number of rotatable bonds is 2. The van der Waals surface area contributed by atoms with Crippen LogP contribution in [0.4, 0.5) is 0 Å². The van der Waals surface area contributed by atoms with Gasteiger partial charge in [0.05, 0.1) is 16.8 Å². The van der Waals surface area contributed by atoms with Crippen LogP contribution in [0.3, 0.4) is 0 Å². The third-order valence-corrected chi connectivity index (χ3v) is 3.67. The number of aryl methyl sites for hydroxylation is 1. The van der Waals surface area contributed by atoms with Gasteiger partial charge in [-0.05, 0) is 30.7 Å². The standard InChI is InChI=1S/C17H13ClN2O/c1-10-15(17(19)21)16(11-5-3-2-4-6-11)13-9-12(18)7-8-14(13)20-10/h2-9H,1H3,(H2,19,21). The van der Waals surface area contributed by atoms with Crippen molar-refractivity contribution in [1.29, 1.82) is 0 Å². The lowest BCUT2D eigenvalue weighted by molar-refractivity contribution is 0.1000. The Balaban J connectivity index is 2.50. The number of carbonyl (C=O) groups is 1. The highest BCUT2D eigenvalue weighted by Gasteiger charge is 2.18. The molecular weight excluding hydrogens is 284 g/mol. The van der Waals surface area contributed by atoms with Crippen LogP contribution in [0.2, 0.25) is 5.02 Å². The number of hydrogen-bond acceptors (Lipinski definition) is 2. The largest absolute Gasteiger partial charge is 0.366 e. The molecule has 0 bridgehead atoms. The number of aromatic nitrogens is 1. The van der Waals surface area contributed by atoms with Gasteiger partial charge in [-0.25, -0.2) is 0 Å². The Morgan fingerprint density at radius 3 is 2.52 bits per heavy atom. The molecule has 104 valence electrons. The molecule has 1 amide bonds. The van der Waals surface area contributed by atoms with Gasteiger partial charge < -0.3 is 5.73 Å². The minimum atomic E-state index is -0.485. The van der Waals surface area contributed by atoms with Crippen molar-refractivity contribution < 1.29 is 4.79 Å². The van der Waals surface area contributed by atoms with Crippen molar-refractivity contribution in [3.05, 3.63) is 64.8 Å². The summed E-state index contributed by atoms with van der Waals surface area (Å²) in [6.45, 7) is 1.79. The van der Waals surface area contributed by atoms with Gasteiger partial charge in [-0.15, -0.1) is 0 Å². The van der Waals surface area contributed by atoms with E-state index in [1.165, 1.54) is 0 Å². The van der Waals surface area contributed by atoms with E-state index in [1.54, 1.807) is 13.0 Å². The maximum absolute atomic E-state index is 11.9. The third-order valence-electron chi connectivity index (χ3n) is 3.44. The average molecular weight is 297 g/mol. The van der Waals surface area contributed by atoms with Gasteiger partial charge in [0.25, 0.3) is 5.91 Å². The molecule has 3 nitrogen and oxygen atoms in total. The average Bonchev–Trinajstić information content (AvgIpc) is 2.47. The van der Waals surface area contributed by atoms with Gasteiger partial charge in [0.2, 0.25) is 0 Å². The fourth-order valence-corrected chi connectivity index (χ4v) is 2.74. The number of amides is 1. The maximum Gasteiger partial charge on any atom is 0.251 e. The number of primary amides is 1. The Kier molecular flexibility index (Phi) is 3.35. The summed E-state index contributed by atoms with van der Waals surface area (Å²) in [6, 6.07) is 15.1. The zero-order chi connectivity index (χ0) is 15.0. The Hall–Kier alpha value is -2.39. The normalized spacial score (nSPS) is 10.8. The second-order valence-corrected chi connectivity index (χ2v) is 5.28. The van der Waals surface area contributed by atoms with E-state index in [1.807, 2.05) is 42.5 Å². The number of hydrogen-bond donors (Lipinski definition) is 1. The number of pyridine rings is 1. The molecule has 2 aromatic carbocycles. The monoisotopic (exact) mass is 296 g/mol. The fraction of sp³-hybridized carbons (Fsp3) is 0.0588. The van der Waals surface area contributed by atoms with E-state index >= 15 is 0 Å². The molecule has 0 saturated heterocycles. The van der Waals surface area contributed by atoms with Crippen LogP contribution >= 0.6 is 11.6 Å². The van der Waals surface area contributed by atoms with Crippen LogP contribution in [0, 0.1) is 6.92 Å². The molecule has 0 saturated carbocycles. The molecule has 0 fully saturated rings. The van der Waals surface area contributed by atoms with E-state index < -0.39 is 5.91 Å². The van der Waals surface area contributed by atoms with Gasteiger partial charge in [-0.1, -0.05) is 41.9 Å². The second-order valence-electron chi connectivity index (χ2n) is 4.84. The predicted octanol–water partition coefficient (Wildman–Crippen LogP) is 3.96. The van der Waals surface area contributed by atoms with E-state index in [-0.39, 0.29) is 0 Å². The molecule has 4 heteroatoms. The SMILES string of the molecule is Cc1nc2ccc(Cl)cc2c(-c2ccccc2)c1C(N)=O. The highest BCUT2D eigenvalue weighted by molar-refractivity contribution is 6.31. The molecule has 0 aliphatic heterocycles. The quantitative estimate of drug-likeness (QED) is 0.778. The summed E-state index contributed by atoms with van der Waals surface area (Å²) in [5, 5.41) is 1.42. The summed E-state index contributed by atoms with van der Waals surface area (Å²) in [5.74, 6) is -0.485. The van der Waals surface area contributed by atoms with Crippen molar-refractivity contribution in [2.45, 2.75) is 6.92 Å². The lowest BCUT2D eigenvalue weighted by Gasteiger charge is -2.13. The van der Waals surface area contributed by atoms with Gasteiger partial charge in [-0.3, -0.25) is 9.78 Å². The number of nitrogens with two attached hydrogens (primary N) is 1. The first-order valence-electron chi connectivity index (χ1n) is 6.53. The Morgan fingerprint density at radius 1 is 1.14 bits per heavy atom. The molecule has 3 aromatic rings. The van der Waals surface area contributed by atoms with E-state index in [2.05, 4.69) is 4.98 Å². The van der Waals surface area contributed by atoms with E-state index in [0.29, 0.717) is 16.3 Å². The first kappa shape index (κ1) is 13.6. The molecule has 0 radical (unpaired) electrons. The number of nitrogens with zero attached hydrogens (tertiary/aromatic N) is 1. The lowest BCUT2D eigenvalue weighted by Crippen LogP contribution is -2.15. The van der Waals surface area contributed by atoms with Crippen molar-refractivity contribution in [2.75, 3.05) is 0 Å². The first-order valence-corrected chi connectivity index (χ1v) is 6.91. The molecule has 1 aromatic heterocycles. The van der Waals surface area contributed by atoms with Crippen LogP contribution in [-0.4, -0.2) is 10.9 Å². The Bertz CT molecular complexity index is 844. The van der Waals surface area contributed by atoms with Crippen LogP contribution < -0.4 is 5.73 Å². The number of fused-ring (bicyclic) bond motifs is 1. The first-order chi connectivity index (χ1) is 10.1. The van der Waals surface area contributed by atoms with Crippen LogP contribution in [0.15, 0.2) is 48.5 Å². The van der Waals surface area contributed by atoms with Gasteiger partial charge >= 0.3 is 0 Å². The molecule has 0 spiro atoms. The minimum absolute atomic E-state index is 0.441. The van der Waals surface area contributed by atoms with Crippen molar-refractivity contribution in [3.8, 4) is 11.1 Å². The van der Waals surface area contributed by atoms with Crippen LogP contribution in [0.1, 0.15) is 16.1 Å². The second kappa shape index (κ2) is 5.19.